The molecule has 0 fully saturated rings. The molecule has 0 spiro atoms. The van der Waals surface area contributed by atoms with Gasteiger partial charge in [0.05, 0.1) is 13.2 Å². The molecule has 0 unspecified atom stereocenters. The lowest BCUT2D eigenvalue weighted by atomic mass is 10.1. The summed E-state index contributed by atoms with van der Waals surface area (Å²) in [6, 6.07) is -3.16. The predicted molar refractivity (Wildman–Crippen MR) is 99.6 cm³/mol. The predicted octanol–water partition coefficient (Wildman–Crippen LogP) is 1.90. The van der Waals surface area contributed by atoms with Gasteiger partial charge in [0, 0.05) is 0 Å². The summed E-state index contributed by atoms with van der Waals surface area (Å²) >= 11 is 0. The summed E-state index contributed by atoms with van der Waals surface area (Å²) in [6.45, 7) is 12.9. The lowest BCUT2D eigenvalue weighted by Crippen LogP contribution is -2.60. The van der Waals surface area contributed by atoms with Crippen LogP contribution in [0.1, 0.15) is 55.4 Å². The SMILES string of the molecule is CCOC(=O)[C@H](NC(=O)OC(C)(C)C)[C@@H](NC(=O)OC(C)(C)C)C(=O)OCC. The van der Waals surface area contributed by atoms with Crippen molar-refractivity contribution < 1.29 is 38.1 Å². The molecule has 0 heterocycles. The number of hydrogen-bond donors (Lipinski definition) is 2. The van der Waals surface area contributed by atoms with Crippen LogP contribution in [0.3, 0.4) is 0 Å². The Morgan fingerprint density at radius 2 is 0.964 bits per heavy atom. The van der Waals surface area contributed by atoms with Gasteiger partial charge in [0.1, 0.15) is 11.2 Å². The lowest BCUT2D eigenvalue weighted by Gasteiger charge is -2.28. The first-order valence-electron chi connectivity index (χ1n) is 9.02. The topological polar surface area (TPSA) is 129 Å². The zero-order chi connectivity index (χ0) is 22.1. The highest BCUT2D eigenvalue weighted by molar-refractivity contribution is 5.92. The summed E-state index contributed by atoms with van der Waals surface area (Å²) in [4.78, 5) is 49.0. The van der Waals surface area contributed by atoms with Crippen LogP contribution in [0.15, 0.2) is 0 Å². The zero-order valence-corrected chi connectivity index (χ0v) is 17.8. The molecule has 2 N–H and O–H groups in total. The van der Waals surface area contributed by atoms with Crippen LogP contribution in [-0.2, 0) is 28.5 Å². The first kappa shape index (κ1) is 25.5. The Kier molecular flexibility index (Phi) is 9.76. The summed E-state index contributed by atoms with van der Waals surface area (Å²) in [5.74, 6) is -1.88. The molecular weight excluding hydrogens is 372 g/mol. The molecule has 0 aromatic heterocycles. The van der Waals surface area contributed by atoms with E-state index in [1.807, 2.05) is 0 Å². The second-order valence-electron chi connectivity index (χ2n) is 7.75. The Morgan fingerprint density at radius 3 is 1.18 bits per heavy atom. The van der Waals surface area contributed by atoms with Crippen molar-refractivity contribution in [2.45, 2.75) is 78.7 Å². The molecule has 0 radical (unpaired) electrons. The molecule has 0 aromatic rings. The van der Waals surface area contributed by atoms with Gasteiger partial charge in [-0.1, -0.05) is 0 Å². The van der Waals surface area contributed by atoms with Crippen molar-refractivity contribution in [3.63, 3.8) is 0 Å². The van der Waals surface area contributed by atoms with E-state index in [4.69, 9.17) is 18.9 Å². The van der Waals surface area contributed by atoms with Gasteiger partial charge in [-0.25, -0.2) is 19.2 Å². The third-order valence-corrected chi connectivity index (χ3v) is 2.76. The van der Waals surface area contributed by atoms with E-state index in [-0.39, 0.29) is 13.2 Å². The molecule has 2 atom stereocenters. The maximum atomic E-state index is 12.4. The van der Waals surface area contributed by atoms with Crippen LogP contribution in [0.2, 0.25) is 0 Å². The molecule has 10 nitrogen and oxygen atoms in total. The molecule has 0 saturated heterocycles. The summed E-state index contributed by atoms with van der Waals surface area (Å²) in [6.07, 6.45) is -1.93. The minimum Gasteiger partial charge on any atom is -0.464 e. The van der Waals surface area contributed by atoms with Crippen molar-refractivity contribution in [1.29, 1.82) is 0 Å². The lowest BCUT2D eigenvalue weighted by molar-refractivity contribution is -0.154. The van der Waals surface area contributed by atoms with Gasteiger partial charge in [-0.15, -0.1) is 0 Å². The Hall–Kier alpha value is -2.52. The third-order valence-electron chi connectivity index (χ3n) is 2.76. The van der Waals surface area contributed by atoms with Gasteiger partial charge >= 0.3 is 24.1 Å². The minimum absolute atomic E-state index is 0.00663. The standard InChI is InChI=1S/C18H32N2O8/c1-9-25-13(21)11(19-15(23)27-17(3,4)5)12(14(22)26-10-2)20-16(24)28-18(6,7)8/h11-12H,9-10H2,1-8H3,(H,19,23)(H,20,24)/t11-,12-/m1/s1. The summed E-state index contributed by atoms with van der Waals surface area (Å²) < 4.78 is 20.1. The smallest absolute Gasteiger partial charge is 0.408 e. The molecule has 0 bridgehead atoms. The Balaban J connectivity index is 5.67. The van der Waals surface area contributed by atoms with E-state index in [1.165, 1.54) is 0 Å². The first-order chi connectivity index (χ1) is 12.7. The van der Waals surface area contributed by atoms with E-state index in [2.05, 4.69) is 10.6 Å². The van der Waals surface area contributed by atoms with Crippen molar-refractivity contribution in [3.8, 4) is 0 Å². The Labute approximate surface area is 165 Å². The number of carbonyl (C=O) groups excluding carboxylic acids is 4. The zero-order valence-electron chi connectivity index (χ0n) is 17.8. The van der Waals surface area contributed by atoms with Gasteiger partial charge in [-0.3, -0.25) is 0 Å². The van der Waals surface area contributed by atoms with Crippen LogP contribution in [-0.4, -0.2) is 60.6 Å². The van der Waals surface area contributed by atoms with E-state index in [0.29, 0.717) is 0 Å². The summed E-state index contributed by atoms with van der Waals surface area (Å²) in [5.41, 5.74) is -1.69. The molecule has 162 valence electrons. The average Bonchev–Trinajstić information content (AvgIpc) is 2.47. The highest BCUT2D eigenvalue weighted by Crippen LogP contribution is 2.11. The van der Waals surface area contributed by atoms with E-state index in [0.717, 1.165) is 0 Å². The third kappa shape index (κ3) is 10.6. The second-order valence-corrected chi connectivity index (χ2v) is 7.75. The van der Waals surface area contributed by atoms with Gasteiger partial charge < -0.3 is 29.6 Å². The highest BCUT2D eigenvalue weighted by atomic mass is 16.6. The van der Waals surface area contributed by atoms with Crippen LogP contribution < -0.4 is 10.6 Å². The van der Waals surface area contributed by atoms with Crippen molar-refractivity contribution in [2.24, 2.45) is 0 Å². The molecule has 2 amide bonds. The van der Waals surface area contributed by atoms with Gasteiger partial charge in [-0.05, 0) is 55.4 Å². The van der Waals surface area contributed by atoms with E-state index < -0.39 is 47.4 Å². The number of ether oxygens (including phenoxy) is 4. The van der Waals surface area contributed by atoms with Crippen molar-refractivity contribution in [3.05, 3.63) is 0 Å². The largest absolute Gasteiger partial charge is 0.464 e. The number of rotatable bonds is 7. The fourth-order valence-corrected chi connectivity index (χ4v) is 1.89. The monoisotopic (exact) mass is 404 g/mol. The molecule has 0 aromatic carbocycles. The average molecular weight is 404 g/mol. The van der Waals surface area contributed by atoms with Crippen LogP contribution in [0.4, 0.5) is 9.59 Å². The van der Waals surface area contributed by atoms with Crippen molar-refractivity contribution in [2.75, 3.05) is 13.2 Å². The van der Waals surface area contributed by atoms with Crippen LogP contribution in [0, 0.1) is 0 Å². The molecule has 0 saturated carbocycles. The number of nitrogens with one attached hydrogen (secondary N) is 2. The fraction of sp³-hybridized carbons (Fsp3) is 0.778. The van der Waals surface area contributed by atoms with Crippen LogP contribution in [0.5, 0.6) is 0 Å². The molecule has 0 aliphatic heterocycles. The van der Waals surface area contributed by atoms with Crippen LogP contribution >= 0.6 is 0 Å². The number of amides is 2. The maximum Gasteiger partial charge on any atom is 0.408 e. The maximum absolute atomic E-state index is 12.4. The van der Waals surface area contributed by atoms with E-state index in [1.54, 1.807) is 55.4 Å². The number of carbonyl (C=O) groups is 4. The van der Waals surface area contributed by atoms with Crippen molar-refractivity contribution in [1.82, 2.24) is 10.6 Å². The summed E-state index contributed by atoms with van der Waals surface area (Å²) in [5, 5.41) is 4.52. The molecular formula is C18H32N2O8. The van der Waals surface area contributed by atoms with Gasteiger partial charge in [0.2, 0.25) is 0 Å². The minimum atomic E-state index is -1.58. The Bertz CT molecular complexity index is 513. The molecule has 0 aliphatic carbocycles. The van der Waals surface area contributed by atoms with Crippen LogP contribution in [0.25, 0.3) is 0 Å². The highest BCUT2D eigenvalue weighted by Gasteiger charge is 2.40. The van der Waals surface area contributed by atoms with Gasteiger partial charge in [0.15, 0.2) is 12.1 Å². The summed E-state index contributed by atoms with van der Waals surface area (Å²) in [7, 11) is 0. The normalized spacial score (nSPS) is 13.6. The fourth-order valence-electron chi connectivity index (χ4n) is 1.89. The molecule has 0 rings (SSSR count). The number of hydrogen-bond acceptors (Lipinski definition) is 8. The van der Waals surface area contributed by atoms with Gasteiger partial charge in [-0.2, -0.15) is 0 Å². The second kappa shape index (κ2) is 10.7. The molecule has 0 aliphatic rings. The van der Waals surface area contributed by atoms with E-state index >= 15 is 0 Å². The number of esters is 2. The molecule has 10 heteroatoms. The Morgan fingerprint density at radius 1 is 0.679 bits per heavy atom. The molecule has 28 heavy (non-hydrogen) atoms. The first-order valence-corrected chi connectivity index (χ1v) is 9.02. The quantitative estimate of drug-likeness (QED) is 0.486. The van der Waals surface area contributed by atoms with Gasteiger partial charge in [0.25, 0.3) is 0 Å². The van der Waals surface area contributed by atoms with E-state index in [9.17, 15) is 19.2 Å². The number of alkyl carbamates (subject to hydrolysis) is 2. The van der Waals surface area contributed by atoms with Crippen molar-refractivity contribution >= 4 is 24.1 Å².